The van der Waals surface area contributed by atoms with Gasteiger partial charge in [0.05, 0.1) is 11.7 Å². The number of allylic oxidation sites excluding steroid dienone is 1. The van der Waals surface area contributed by atoms with Gasteiger partial charge < -0.3 is 4.98 Å². The zero-order chi connectivity index (χ0) is 8.55. The molecule has 0 aromatic carbocycles. The van der Waals surface area contributed by atoms with E-state index in [-0.39, 0.29) is 0 Å². The Bertz CT molecular complexity index is 393. The monoisotopic (exact) mass is 158 g/mol. The van der Waals surface area contributed by atoms with Crippen molar-refractivity contribution >= 4 is 16.5 Å². The fourth-order valence-electron chi connectivity index (χ4n) is 1.20. The molecule has 0 spiro atoms. The van der Waals surface area contributed by atoms with Gasteiger partial charge in [0.15, 0.2) is 0 Å². The Kier molecular flexibility index (Phi) is 1.47. The van der Waals surface area contributed by atoms with E-state index >= 15 is 0 Å². The SMILES string of the molecule is C=C(C)c1cc2ccncc2[nH]1. The van der Waals surface area contributed by atoms with Gasteiger partial charge in [0.2, 0.25) is 0 Å². The summed E-state index contributed by atoms with van der Waals surface area (Å²) in [6.45, 7) is 5.85. The lowest BCUT2D eigenvalue weighted by atomic mass is 10.2. The van der Waals surface area contributed by atoms with E-state index in [1.807, 2.05) is 19.2 Å². The number of hydrogen-bond donors (Lipinski definition) is 1. The molecule has 0 aliphatic heterocycles. The Morgan fingerprint density at radius 2 is 2.42 bits per heavy atom. The lowest BCUT2D eigenvalue weighted by Crippen LogP contribution is -1.74. The van der Waals surface area contributed by atoms with Gasteiger partial charge in [0, 0.05) is 17.3 Å². The molecule has 0 atom stereocenters. The molecule has 12 heavy (non-hydrogen) atoms. The smallest absolute Gasteiger partial charge is 0.0645 e. The molecule has 0 aliphatic carbocycles. The van der Waals surface area contributed by atoms with Crippen molar-refractivity contribution in [3.63, 3.8) is 0 Å². The minimum Gasteiger partial charge on any atom is -0.354 e. The van der Waals surface area contributed by atoms with E-state index in [1.165, 1.54) is 5.39 Å². The summed E-state index contributed by atoms with van der Waals surface area (Å²) >= 11 is 0. The van der Waals surface area contributed by atoms with Gasteiger partial charge in [0.25, 0.3) is 0 Å². The summed E-state index contributed by atoms with van der Waals surface area (Å²) < 4.78 is 0. The second-order valence-electron chi connectivity index (χ2n) is 2.93. The number of nitrogens with zero attached hydrogens (tertiary/aromatic N) is 1. The largest absolute Gasteiger partial charge is 0.354 e. The molecule has 2 aromatic rings. The molecule has 0 saturated heterocycles. The number of rotatable bonds is 1. The van der Waals surface area contributed by atoms with Gasteiger partial charge in [-0.15, -0.1) is 0 Å². The van der Waals surface area contributed by atoms with E-state index in [1.54, 1.807) is 6.20 Å². The van der Waals surface area contributed by atoms with Gasteiger partial charge in [0.1, 0.15) is 0 Å². The first-order chi connectivity index (χ1) is 5.77. The van der Waals surface area contributed by atoms with Crippen LogP contribution in [0.1, 0.15) is 12.6 Å². The Morgan fingerprint density at radius 1 is 1.58 bits per heavy atom. The van der Waals surface area contributed by atoms with Crippen LogP contribution < -0.4 is 0 Å². The molecule has 2 aromatic heterocycles. The number of aromatic nitrogens is 2. The molecule has 2 heterocycles. The summed E-state index contributed by atoms with van der Waals surface area (Å²) in [5, 5.41) is 1.18. The Balaban J connectivity index is 2.70. The molecule has 0 bridgehead atoms. The van der Waals surface area contributed by atoms with Gasteiger partial charge in [-0.1, -0.05) is 6.58 Å². The fraction of sp³-hybridized carbons (Fsp3) is 0.100. The number of aromatic amines is 1. The van der Waals surface area contributed by atoms with E-state index in [0.717, 1.165) is 16.8 Å². The molecule has 60 valence electrons. The van der Waals surface area contributed by atoms with Crippen LogP contribution in [0.15, 0.2) is 31.1 Å². The molecule has 0 fully saturated rings. The highest BCUT2D eigenvalue weighted by Gasteiger charge is 1.99. The standard InChI is InChI=1S/C10H10N2/c1-7(2)9-5-8-3-4-11-6-10(8)12-9/h3-6,12H,1H2,2H3. The molecule has 1 N–H and O–H groups in total. The third-order valence-corrected chi connectivity index (χ3v) is 1.88. The number of nitrogens with one attached hydrogen (secondary N) is 1. The van der Waals surface area contributed by atoms with Crippen LogP contribution in [0.2, 0.25) is 0 Å². The normalized spacial score (nSPS) is 10.4. The van der Waals surface area contributed by atoms with Crippen molar-refractivity contribution in [1.29, 1.82) is 0 Å². The van der Waals surface area contributed by atoms with Crippen molar-refractivity contribution in [1.82, 2.24) is 9.97 Å². The molecule has 2 heteroatoms. The van der Waals surface area contributed by atoms with Crippen molar-refractivity contribution in [3.8, 4) is 0 Å². The van der Waals surface area contributed by atoms with E-state index in [0.29, 0.717) is 0 Å². The summed E-state index contributed by atoms with van der Waals surface area (Å²) in [5.41, 5.74) is 3.19. The topological polar surface area (TPSA) is 28.7 Å². The molecule has 0 radical (unpaired) electrons. The predicted octanol–water partition coefficient (Wildman–Crippen LogP) is 2.60. The molecule has 2 rings (SSSR count). The zero-order valence-electron chi connectivity index (χ0n) is 6.96. The summed E-state index contributed by atoms with van der Waals surface area (Å²) in [5.74, 6) is 0. The molecule has 0 saturated carbocycles. The predicted molar refractivity (Wildman–Crippen MR) is 50.8 cm³/mol. The highest BCUT2D eigenvalue weighted by molar-refractivity contribution is 5.83. The van der Waals surface area contributed by atoms with Crippen molar-refractivity contribution < 1.29 is 0 Å². The molecule has 0 unspecified atom stereocenters. The summed E-state index contributed by atoms with van der Waals surface area (Å²) in [6.07, 6.45) is 3.61. The lowest BCUT2D eigenvalue weighted by Gasteiger charge is -1.89. The molecular formula is C10H10N2. The van der Waals surface area contributed by atoms with Crippen LogP contribution in [-0.4, -0.2) is 9.97 Å². The van der Waals surface area contributed by atoms with E-state index in [2.05, 4.69) is 22.6 Å². The van der Waals surface area contributed by atoms with Gasteiger partial charge in [-0.3, -0.25) is 4.98 Å². The maximum atomic E-state index is 4.02. The van der Waals surface area contributed by atoms with Crippen molar-refractivity contribution in [2.45, 2.75) is 6.92 Å². The third-order valence-electron chi connectivity index (χ3n) is 1.88. The first kappa shape index (κ1) is 7.10. The average molecular weight is 158 g/mol. The average Bonchev–Trinajstić information content (AvgIpc) is 2.46. The van der Waals surface area contributed by atoms with Crippen LogP contribution in [0.25, 0.3) is 16.5 Å². The molecular weight excluding hydrogens is 148 g/mol. The summed E-state index contributed by atoms with van der Waals surface area (Å²) in [7, 11) is 0. The highest BCUT2D eigenvalue weighted by atomic mass is 14.7. The van der Waals surface area contributed by atoms with Gasteiger partial charge in [-0.05, 0) is 24.6 Å². The maximum absolute atomic E-state index is 4.02. The fourth-order valence-corrected chi connectivity index (χ4v) is 1.20. The second-order valence-corrected chi connectivity index (χ2v) is 2.93. The number of pyridine rings is 1. The first-order valence-corrected chi connectivity index (χ1v) is 3.86. The Morgan fingerprint density at radius 3 is 3.08 bits per heavy atom. The molecule has 0 aliphatic rings. The second kappa shape index (κ2) is 2.48. The number of hydrogen-bond acceptors (Lipinski definition) is 1. The van der Waals surface area contributed by atoms with Gasteiger partial charge in [-0.2, -0.15) is 0 Å². The van der Waals surface area contributed by atoms with Crippen LogP contribution in [0.3, 0.4) is 0 Å². The van der Waals surface area contributed by atoms with E-state index in [4.69, 9.17) is 0 Å². The number of fused-ring (bicyclic) bond motifs is 1. The van der Waals surface area contributed by atoms with Crippen LogP contribution in [-0.2, 0) is 0 Å². The van der Waals surface area contributed by atoms with Crippen molar-refractivity contribution in [3.05, 3.63) is 36.8 Å². The third kappa shape index (κ3) is 1.01. The van der Waals surface area contributed by atoms with Crippen molar-refractivity contribution in [2.24, 2.45) is 0 Å². The van der Waals surface area contributed by atoms with Crippen LogP contribution >= 0.6 is 0 Å². The van der Waals surface area contributed by atoms with Crippen LogP contribution in [0.4, 0.5) is 0 Å². The van der Waals surface area contributed by atoms with Gasteiger partial charge >= 0.3 is 0 Å². The lowest BCUT2D eigenvalue weighted by molar-refractivity contribution is 1.32. The minimum atomic E-state index is 1.05. The minimum absolute atomic E-state index is 1.05. The van der Waals surface area contributed by atoms with Crippen LogP contribution in [0.5, 0.6) is 0 Å². The number of H-pyrrole nitrogens is 1. The van der Waals surface area contributed by atoms with Crippen molar-refractivity contribution in [2.75, 3.05) is 0 Å². The summed E-state index contributed by atoms with van der Waals surface area (Å²) in [4.78, 5) is 7.26. The Labute approximate surface area is 70.9 Å². The maximum Gasteiger partial charge on any atom is 0.0645 e. The quantitative estimate of drug-likeness (QED) is 0.679. The van der Waals surface area contributed by atoms with Gasteiger partial charge in [-0.25, -0.2) is 0 Å². The van der Waals surface area contributed by atoms with E-state index in [9.17, 15) is 0 Å². The Hall–Kier alpha value is -1.57. The molecule has 2 nitrogen and oxygen atoms in total. The first-order valence-electron chi connectivity index (χ1n) is 3.86. The zero-order valence-corrected chi connectivity index (χ0v) is 6.96. The van der Waals surface area contributed by atoms with Crippen LogP contribution in [0, 0.1) is 0 Å². The summed E-state index contributed by atoms with van der Waals surface area (Å²) in [6, 6.07) is 4.07. The molecule has 0 amide bonds. The highest BCUT2D eigenvalue weighted by Crippen LogP contribution is 2.17. The van der Waals surface area contributed by atoms with E-state index < -0.39 is 0 Å².